The molecule has 0 N–H and O–H groups in total. The molecule has 0 bridgehead atoms. The highest BCUT2D eigenvalue weighted by atomic mass is 32.2. The van der Waals surface area contributed by atoms with Gasteiger partial charge in [-0.3, -0.25) is 0 Å². The predicted molar refractivity (Wildman–Crippen MR) is 64.0 cm³/mol. The fraction of sp³-hybridized carbons (Fsp3) is 0.833. The summed E-state index contributed by atoms with van der Waals surface area (Å²) in [6.07, 6.45) is 1.04. The van der Waals surface area contributed by atoms with Gasteiger partial charge in [0, 0.05) is 11.7 Å². The van der Waals surface area contributed by atoms with Gasteiger partial charge >= 0.3 is 0 Å². The summed E-state index contributed by atoms with van der Waals surface area (Å²) in [7, 11) is 0. The van der Waals surface area contributed by atoms with Crippen molar-refractivity contribution < 1.29 is 0 Å². The highest BCUT2D eigenvalue weighted by Crippen LogP contribution is 2.17. The molecule has 0 heterocycles. The monoisotopic (exact) mass is 198 g/mol. The first-order chi connectivity index (χ1) is 6.04. The fourth-order valence-electron chi connectivity index (χ4n) is 0.693. The maximum Gasteiger partial charge on any atom is 0.0550 e. The molecule has 1 unspecified atom stereocenters. The third-order valence-electron chi connectivity index (χ3n) is 1.99. The van der Waals surface area contributed by atoms with E-state index in [0.717, 1.165) is 23.3 Å². The third kappa shape index (κ3) is 8.25. The predicted octanol–water partition coefficient (Wildman–Crippen LogP) is 3.81. The second kappa shape index (κ2) is 7.33. The van der Waals surface area contributed by atoms with Crippen molar-refractivity contribution in [1.29, 1.82) is 0 Å². The van der Waals surface area contributed by atoms with E-state index in [4.69, 9.17) is 0 Å². The van der Waals surface area contributed by atoms with Gasteiger partial charge in [-0.1, -0.05) is 40.5 Å². The molecule has 0 fully saturated rings. The Hall–Kier alpha value is -0.0900. The second-order valence-electron chi connectivity index (χ2n) is 4.21. The Morgan fingerprint density at radius 1 is 1.00 bits per heavy atom. The molecule has 0 spiro atoms. The molecule has 0 rings (SSSR count). The van der Waals surface area contributed by atoms with Crippen LogP contribution in [0.5, 0.6) is 0 Å². The first kappa shape index (κ1) is 12.9. The van der Waals surface area contributed by atoms with E-state index in [2.05, 4.69) is 46.5 Å². The summed E-state index contributed by atoms with van der Waals surface area (Å²) in [5, 5.41) is 0.730. The zero-order valence-corrected chi connectivity index (χ0v) is 10.4. The van der Waals surface area contributed by atoms with Gasteiger partial charge in [-0.25, -0.2) is 0 Å². The molecule has 0 aromatic rings. The van der Waals surface area contributed by atoms with E-state index >= 15 is 0 Å². The third-order valence-corrected chi connectivity index (χ3v) is 3.37. The quantitative estimate of drug-likeness (QED) is 0.619. The van der Waals surface area contributed by atoms with Gasteiger partial charge in [0.05, 0.1) is 5.75 Å². The van der Waals surface area contributed by atoms with Gasteiger partial charge in [0.2, 0.25) is 0 Å². The molecule has 0 radical (unpaired) electrons. The summed E-state index contributed by atoms with van der Waals surface area (Å²) in [5.74, 6) is 8.89. The lowest BCUT2D eigenvalue weighted by Crippen LogP contribution is -2.05. The Balaban J connectivity index is 3.47. The molecular formula is C12H22S. The van der Waals surface area contributed by atoms with Crippen LogP contribution in [0.3, 0.4) is 0 Å². The average molecular weight is 198 g/mol. The Morgan fingerprint density at radius 3 is 2.08 bits per heavy atom. The Labute approximate surface area is 87.9 Å². The standard InChI is InChI=1S/C12H22S/c1-10(2)8-6-7-9-13-12(5)11(3)4/h10-12H,8-9H2,1-5H3. The van der Waals surface area contributed by atoms with Crippen molar-refractivity contribution in [2.24, 2.45) is 11.8 Å². The van der Waals surface area contributed by atoms with Gasteiger partial charge in [-0.05, 0) is 11.8 Å². The number of hydrogen-bond donors (Lipinski definition) is 0. The summed E-state index contributed by atoms with van der Waals surface area (Å²) in [4.78, 5) is 0. The molecular weight excluding hydrogens is 176 g/mol. The van der Waals surface area contributed by atoms with Crippen molar-refractivity contribution in [3.63, 3.8) is 0 Å². The van der Waals surface area contributed by atoms with Crippen molar-refractivity contribution in [2.75, 3.05) is 5.75 Å². The summed E-state index contributed by atoms with van der Waals surface area (Å²) >= 11 is 1.96. The van der Waals surface area contributed by atoms with E-state index in [-0.39, 0.29) is 0 Å². The van der Waals surface area contributed by atoms with E-state index < -0.39 is 0 Å². The largest absolute Gasteiger partial charge is 0.146 e. The van der Waals surface area contributed by atoms with Crippen LogP contribution in [0.4, 0.5) is 0 Å². The number of rotatable bonds is 4. The summed E-state index contributed by atoms with van der Waals surface area (Å²) in [5.41, 5.74) is 0. The lowest BCUT2D eigenvalue weighted by atomic mass is 10.1. The maximum absolute atomic E-state index is 3.22. The molecule has 0 saturated heterocycles. The number of thioether (sulfide) groups is 1. The Morgan fingerprint density at radius 2 is 1.62 bits per heavy atom. The summed E-state index contributed by atoms with van der Waals surface area (Å²) < 4.78 is 0. The minimum Gasteiger partial charge on any atom is -0.146 e. The molecule has 0 aliphatic heterocycles. The van der Waals surface area contributed by atoms with Crippen molar-refractivity contribution in [2.45, 2.75) is 46.3 Å². The molecule has 0 aromatic heterocycles. The Bertz CT molecular complexity index is 171. The van der Waals surface area contributed by atoms with Gasteiger partial charge < -0.3 is 0 Å². The summed E-state index contributed by atoms with van der Waals surface area (Å²) in [6, 6.07) is 0. The minimum absolute atomic E-state index is 0.708. The zero-order chi connectivity index (χ0) is 10.3. The van der Waals surface area contributed by atoms with E-state index in [1.54, 1.807) is 0 Å². The first-order valence-electron chi connectivity index (χ1n) is 5.11. The topological polar surface area (TPSA) is 0 Å². The molecule has 1 atom stereocenters. The lowest BCUT2D eigenvalue weighted by Gasteiger charge is -2.12. The average Bonchev–Trinajstić information content (AvgIpc) is 2.02. The number of hydrogen-bond acceptors (Lipinski definition) is 1. The van der Waals surface area contributed by atoms with Crippen LogP contribution in [-0.4, -0.2) is 11.0 Å². The molecule has 0 aliphatic carbocycles. The zero-order valence-electron chi connectivity index (χ0n) is 9.55. The van der Waals surface area contributed by atoms with Crippen LogP contribution in [0.25, 0.3) is 0 Å². The van der Waals surface area contributed by atoms with Crippen molar-refractivity contribution in [3.05, 3.63) is 0 Å². The fourth-order valence-corrected chi connectivity index (χ4v) is 1.53. The molecule has 0 aromatic carbocycles. The Kier molecular flexibility index (Phi) is 7.28. The van der Waals surface area contributed by atoms with E-state index in [9.17, 15) is 0 Å². The van der Waals surface area contributed by atoms with E-state index in [1.807, 2.05) is 11.8 Å². The molecule has 0 nitrogen and oxygen atoms in total. The summed E-state index contributed by atoms with van der Waals surface area (Å²) in [6.45, 7) is 11.2. The van der Waals surface area contributed by atoms with Gasteiger partial charge in [0.15, 0.2) is 0 Å². The molecule has 0 aliphatic rings. The normalized spacial score (nSPS) is 12.8. The van der Waals surface area contributed by atoms with Crippen LogP contribution in [0, 0.1) is 23.7 Å². The van der Waals surface area contributed by atoms with Crippen molar-refractivity contribution in [1.82, 2.24) is 0 Å². The van der Waals surface area contributed by atoms with E-state index in [0.29, 0.717) is 5.92 Å². The molecule has 13 heavy (non-hydrogen) atoms. The van der Waals surface area contributed by atoms with Gasteiger partial charge in [0.1, 0.15) is 0 Å². The minimum atomic E-state index is 0.708. The van der Waals surface area contributed by atoms with Crippen LogP contribution in [-0.2, 0) is 0 Å². The highest BCUT2D eigenvalue weighted by Gasteiger charge is 2.05. The highest BCUT2D eigenvalue weighted by molar-refractivity contribution is 8.00. The van der Waals surface area contributed by atoms with Gasteiger partial charge in [-0.2, -0.15) is 0 Å². The molecule has 0 amide bonds. The van der Waals surface area contributed by atoms with Gasteiger partial charge in [0.25, 0.3) is 0 Å². The second-order valence-corrected chi connectivity index (χ2v) is 5.58. The lowest BCUT2D eigenvalue weighted by molar-refractivity contribution is 0.643. The SMILES string of the molecule is CC(C)CC#CCSC(C)C(C)C. The molecule has 0 saturated carbocycles. The first-order valence-corrected chi connectivity index (χ1v) is 6.16. The van der Waals surface area contributed by atoms with Gasteiger partial charge in [-0.15, -0.1) is 17.7 Å². The molecule has 1 heteroatoms. The smallest absolute Gasteiger partial charge is 0.0550 e. The van der Waals surface area contributed by atoms with Crippen LogP contribution in [0.15, 0.2) is 0 Å². The van der Waals surface area contributed by atoms with Crippen LogP contribution in [0.2, 0.25) is 0 Å². The van der Waals surface area contributed by atoms with Crippen LogP contribution < -0.4 is 0 Å². The van der Waals surface area contributed by atoms with Crippen molar-refractivity contribution in [3.8, 4) is 11.8 Å². The maximum atomic E-state index is 3.22. The molecule has 76 valence electrons. The van der Waals surface area contributed by atoms with Crippen molar-refractivity contribution >= 4 is 11.8 Å². The van der Waals surface area contributed by atoms with E-state index in [1.165, 1.54) is 0 Å². The van der Waals surface area contributed by atoms with Crippen LogP contribution in [0.1, 0.15) is 41.0 Å². The van der Waals surface area contributed by atoms with Crippen LogP contribution >= 0.6 is 11.8 Å².